The van der Waals surface area contributed by atoms with Gasteiger partial charge in [-0.1, -0.05) is 46.9 Å². The van der Waals surface area contributed by atoms with Crippen molar-refractivity contribution in [2.24, 2.45) is 0 Å². The first-order valence-electron chi connectivity index (χ1n) is 7.21. The van der Waals surface area contributed by atoms with Crippen LogP contribution in [0.4, 0.5) is 0 Å². The molecule has 128 valence electrons. The van der Waals surface area contributed by atoms with E-state index >= 15 is 0 Å². The lowest BCUT2D eigenvalue weighted by molar-refractivity contribution is -0.122. The monoisotopic (exact) mass is 403 g/mol. The zero-order valence-electron chi connectivity index (χ0n) is 12.7. The fourth-order valence-corrected chi connectivity index (χ4v) is 3.15. The average Bonchev–Trinajstić information content (AvgIpc) is 2.56. The highest BCUT2D eigenvalue weighted by atomic mass is 35.5. The zero-order chi connectivity index (χ0) is 17.4. The highest BCUT2D eigenvalue weighted by Crippen LogP contribution is 2.24. The van der Waals surface area contributed by atoms with Gasteiger partial charge in [0.05, 0.1) is 10.0 Å². The molecule has 24 heavy (non-hydrogen) atoms. The van der Waals surface area contributed by atoms with E-state index in [1.807, 2.05) is 12.1 Å². The van der Waals surface area contributed by atoms with Gasteiger partial charge < -0.3 is 10.1 Å². The van der Waals surface area contributed by atoms with E-state index < -0.39 is 0 Å². The molecule has 1 amide bonds. The van der Waals surface area contributed by atoms with Crippen LogP contribution in [0.5, 0.6) is 5.75 Å². The number of amides is 1. The number of carbonyl (C=O) groups is 1. The van der Waals surface area contributed by atoms with E-state index in [1.54, 1.807) is 42.1 Å². The molecule has 0 bridgehead atoms. The third-order valence-corrected chi connectivity index (χ3v) is 4.99. The second-order valence-corrected chi connectivity index (χ2v) is 7.25. The van der Waals surface area contributed by atoms with Gasteiger partial charge in [-0.05, 0) is 35.9 Å². The van der Waals surface area contributed by atoms with Gasteiger partial charge in [0.15, 0.2) is 6.61 Å². The van der Waals surface area contributed by atoms with E-state index in [2.05, 4.69) is 5.32 Å². The molecule has 7 heteroatoms. The minimum atomic E-state index is -0.162. The van der Waals surface area contributed by atoms with Gasteiger partial charge in [-0.15, -0.1) is 0 Å². The van der Waals surface area contributed by atoms with Crippen molar-refractivity contribution in [3.05, 3.63) is 63.1 Å². The number of rotatable bonds is 8. The lowest BCUT2D eigenvalue weighted by Gasteiger charge is -2.08. The smallest absolute Gasteiger partial charge is 0.257 e. The van der Waals surface area contributed by atoms with Crippen LogP contribution < -0.4 is 10.1 Å². The van der Waals surface area contributed by atoms with Gasteiger partial charge >= 0.3 is 0 Å². The Bertz CT molecular complexity index is 697. The van der Waals surface area contributed by atoms with Crippen molar-refractivity contribution in [3.63, 3.8) is 0 Å². The summed E-state index contributed by atoms with van der Waals surface area (Å²) in [5.41, 5.74) is 1.10. The second kappa shape index (κ2) is 10.0. The Morgan fingerprint density at radius 2 is 1.92 bits per heavy atom. The molecular formula is C17H16Cl3NO2S. The van der Waals surface area contributed by atoms with Crippen molar-refractivity contribution in [3.8, 4) is 5.75 Å². The molecule has 0 unspecified atom stereocenters. The van der Waals surface area contributed by atoms with Crippen LogP contribution in [0.2, 0.25) is 15.1 Å². The molecule has 0 radical (unpaired) electrons. The standard InChI is InChI=1S/C17H16Cl3NO2S/c18-13-2-1-3-14(9-13)23-10-17(22)21-6-7-24-11-12-4-5-15(19)16(20)8-12/h1-5,8-9H,6-7,10-11H2,(H,21,22). The number of hydrogen-bond donors (Lipinski definition) is 1. The second-order valence-electron chi connectivity index (χ2n) is 4.90. The maximum Gasteiger partial charge on any atom is 0.257 e. The molecule has 0 aliphatic carbocycles. The first-order chi connectivity index (χ1) is 11.5. The maximum atomic E-state index is 11.7. The number of benzene rings is 2. The van der Waals surface area contributed by atoms with E-state index in [0.29, 0.717) is 27.4 Å². The predicted molar refractivity (Wildman–Crippen MR) is 103 cm³/mol. The van der Waals surface area contributed by atoms with Gasteiger partial charge in [0.1, 0.15) is 5.75 Å². The topological polar surface area (TPSA) is 38.3 Å². The van der Waals surface area contributed by atoms with Crippen LogP contribution in [0.15, 0.2) is 42.5 Å². The third-order valence-electron chi connectivity index (χ3n) is 2.99. The van der Waals surface area contributed by atoms with E-state index in [0.717, 1.165) is 17.1 Å². The third kappa shape index (κ3) is 6.81. The molecule has 1 N–H and O–H groups in total. The molecule has 0 aromatic heterocycles. The number of thioether (sulfide) groups is 1. The maximum absolute atomic E-state index is 11.7. The molecule has 2 aromatic rings. The minimum absolute atomic E-state index is 0.0300. The number of carbonyl (C=O) groups excluding carboxylic acids is 1. The lowest BCUT2D eigenvalue weighted by Crippen LogP contribution is -2.30. The lowest BCUT2D eigenvalue weighted by atomic mass is 10.2. The van der Waals surface area contributed by atoms with Crippen molar-refractivity contribution in [2.75, 3.05) is 18.9 Å². The summed E-state index contributed by atoms with van der Waals surface area (Å²) in [6, 6.07) is 12.5. The molecule has 0 aliphatic heterocycles. The normalized spacial score (nSPS) is 10.5. The first kappa shape index (κ1) is 19.3. The molecule has 0 saturated heterocycles. The Morgan fingerprint density at radius 1 is 1.08 bits per heavy atom. The first-order valence-corrected chi connectivity index (χ1v) is 9.50. The van der Waals surface area contributed by atoms with Crippen LogP contribution in [0, 0.1) is 0 Å². The Balaban J connectivity index is 1.60. The van der Waals surface area contributed by atoms with Crippen molar-refractivity contribution >= 4 is 52.5 Å². The Hall–Kier alpha value is -1.07. The van der Waals surface area contributed by atoms with Crippen molar-refractivity contribution in [1.82, 2.24) is 5.32 Å². The summed E-state index contributed by atoms with van der Waals surface area (Å²) in [7, 11) is 0. The minimum Gasteiger partial charge on any atom is -0.484 e. The molecule has 3 nitrogen and oxygen atoms in total. The zero-order valence-corrected chi connectivity index (χ0v) is 15.8. The largest absolute Gasteiger partial charge is 0.484 e. The Kier molecular flexibility index (Phi) is 8.06. The number of hydrogen-bond acceptors (Lipinski definition) is 3. The number of ether oxygens (including phenoxy) is 1. The van der Waals surface area contributed by atoms with Crippen LogP contribution in [0.25, 0.3) is 0 Å². The highest BCUT2D eigenvalue weighted by molar-refractivity contribution is 7.98. The quantitative estimate of drug-likeness (QED) is 0.624. The van der Waals surface area contributed by atoms with Gasteiger partial charge in [0.2, 0.25) is 0 Å². The molecule has 0 fully saturated rings. The summed E-state index contributed by atoms with van der Waals surface area (Å²) >= 11 is 19.4. The summed E-state index contributed by atoms with van der Waals surface area (Å²) in [5, 5.41) is 4.49. The summed E-state index contributed by atoms with van der Waals surface area (Å²) in [6.45, 7) is 0.543. The molecule has 0 aliphatic rings. The van der Waals surface area contributed by atoms with Gasteiger partial charge in [0.25, 0.3) is 5.91 Å². The summed E-state index contributed by atoms with van der Waals surface area (Å²) in [5.74, 6) is 2.02. The van der Waals surface area contributed by atoms with Crippen LogP contribution >= 0.6 is 46.6 Å². The highest BCUT2D eigenvalue weighted by Gasteiger charge is 2.03. The fraction of sp³-hybridized carbons (Fsp3) is 0.235. The van der Waals surface area contributed by atoms with Crippen LogP contribution in [-0.4, -0.2) is 24.8 Å². The molecule has 2 rings (SSSR count). The van der Waals surface area contributed by atoms with E-state index in [9.17, 15) is 4.79 Å². The van der Waals surface area contributed by atoms with Crippen LogP contribution in [-0.2, 0) is 10.5 Å². The summed E-state index contributed by atoms with van der Waals surface area (Å²) in [6.07, 6.45) is 0. The van der Waals surface area contributed by atoms with E-state index in [4.69, 9.17) is 39.5 Å². The molecule has 0 heterocycles. The molecular weight excluding hydrogens is 389 g/mol. The van der Waals surface area contributed by atoms with Crippen molar-refractivity contribution in [2.45, 2.75) is 5.75 Å². The Labute approximate surface area is 160 Å². The van der Waals surface area contributed by atoms with Gasteiger partial charge in [0, 0.05) is 23.1 Å². The van der Waals surface area contributed by atoms with Crippen molar-refractivity contribution in [1.29, 1.82) is 0 Å². The Morgan fingerprint density at radius 3 is 2.67 bits per heavy atom. The molecule has 2 aromatic carbocycles. The number of nitrogens with one attached hydrogen (secondary N) is 1. The number of halogens is 3. The van der Waals surface area contributed by atoms with Crippen molar-refractivity contribution < 1.29 is 9.53 Å². The van der Waals surface area contributed by atoms with Crippen LogP contribution in [0.3, 0.4) is 0 Å². The van der Waals surface area contributed by atoms with E-state index in [-0.39, 0.29) is 12.5 Å². The van der Waals surface area contributed by atoms with Gasteiger partial charge in [-0.3, -0.25) is 4.79 Å². The molecule has 0 spiro atoms. The summed E-state index contributed by atoms with van der Waals surface area (Å²) in [4.78, 5) is 11.7. The SMILES string of the molecule is O=C(COc1cccc(Cl)c1)NCCSCc1ccc(Cl)c(Cl)c1. The average molecular weight is 405 g/mol. The summed E-state index contributed by atoms with van der Waals surface area (Å²) < 4.78 is 5.37. The fourth-order valence-electron chi connectivity index (χ4n) is 1.84. The van der Waals surface area contributed by atoms with Gasteiger partial charge in [-0.25, -0.2) is 0 Å². The van der Waals surface area contributed by atoms with Gasteiger partial charge in [-0.2, -0.15) is 11.8 Å². The molecule has 0 saturated carbocycles. The predicted octanol–water partition coefficient (Wildman–Crippen LogP) is 5.08. The molecule has 0 atom stereocenters. The van der Waals surface area contributed by atoms with Crippen LogP contribution in [0.1, 0.15) is 5.56 Å². The van der Waals surface area contributed by atoms with E-state index in [1.165, 1.54) is 0 Å².